The van der Waals surface area contributed by atoms with Gasteiger partial charge in [0, 0.05) is 24.9 Å². The molecule has 0 aromatic heterocycles. The molecule has 0 bridgehead atoms. The third kappa shape index (κ3) is 3.30. The molecule has 1 rings (SSSR count). The molecule has 0 N–H and O–H groups in total. The number of hydrogen-bond acceptors (Lipinski definition) is 2. The molecule has 88 valence electrons. The Bertz CT molecular complexity index is 229. The lowest BCUT2D eigenvalue weighted by Crippen LogP contribution is -2.47. The Morgan fingerprint density at radius 3 is 2.47 bits per heavy atom. The summed E-state index contributed by atoms with van der Waals surface area (Å²) in [7, 11) is 2.17. The van der Waals surface area contributed by atoms with Gasteiger partial charge in [0.1, 0.15) is 5.78 Å². The van der Waals surface area contributed by atoms with Gasteiger partial charge in [-0.25, -0.2) is 0 Å². The molecule has 15 heavy (non-hydrogen) atoms. The summed E-state index contributed by atoms with van der Waals surface area (Å²) in [4.78, 5) is 13.8. The van der Waals surface area contributed by atoms with Gasteiger partial charge < -0.3 is 0 Å². The predicted molar refractivity (Wildman–Crippen MR) is 63.9 cm³/mol. The van der Waals surface area contributed by atoms with Crippen LogP contribution in [0.3, 0.4) is 0 Å². The Kier molecular flexibility index (Phi) is 3.93. The summed E-state index contributed by atoms with van der Waals surface area (Å²) < 4.78 is 0. The minimum atomic E-state index is 0.287. The first-order chi connectivity index (χ1) is 6.82. The first kappa shape index (κ1) is 12.7. The second-order valence-electron chi connectivity index (χ2n) is 6.00. The average Bonchev–Trinajstić information content (AvgIpc) is 2.14. The maximum atomic E-state index is 11.4. The third-order valence-electron chi connectivity index (χ3n) is 3.90. The second-order valence-corrected chi connectivity index (χ2v) is 6.00. The molecule has 1 aliphatic carbocycles. The van der Waals surface area contributed by atoms with Crippen LogP contribution in [0, 0.1) is 5.41 Å². The van der Waals surface area contributed by atoms with Crippen LogP contribution in [-0.4, -0.2) is 29.8 Å². The summed E-state index contributed by atoms with van der Waals surface area (Å²) in [5, 5.41) is 0. The van der Waals surface area contributed by atoms with E-state index in [0.717, 1.165) is 19.3 Å². The fourth-order valence-corrected chi connectivity index (χ4v) is 2.28. The van der Waals surface area contributed by atoms with Gasteiger partial charge in [0.05, 0.1) is 0 Å². The van der Waals surface area contributed by atoms with Crippen molar-refractivity contribution in [2.75, 3.05) is 7.05 Å². The van der Waals surface area contributed by atoms with E-state index < -0.39 is 0 Å². The van der Waals surface area contributed by atoms with Crippen LogP contribution in [0.15, 0.2) is 0 Å². The topological polar surface area (TPSA) is 20.3 Å². The van der Waals surface area contributed by atoms with Gasteiger partial charge in [-0.1, -0.05) is 20.8 Å². The molecule has 0 spiro atoms. The number of carbonyl (C=O) groups excluding carboxylic acids is 1. The molecule has 0 radical (unpaired) electrons. The summed E-state index contributed by atoms with van der Waals surface area (Å²) >= 11 is 0. The molecule has 0 amide bonds. The van der Waals surface area contributed by atoms with Crippen molar-refractivity contribution in [3.05, 3.63) is 0 Å². The van der Waals surface area contributed by atoms with Crippen LogP contribution in [0.25, 0.3) is 0 Å². The molecule has 1 aliphatic rings. The summed E-state index contributed by atoms with van der Waals surface area (Å²) in [5.74, 6) is 0.444. The van der Waals surface area contributed by atoms with Crippen molar-refractivity contribution in [3.8, 4) is 0 Å². The quantitative estimate of drug-likeness (QED) is 0.700. The minimum Gasteiger partial charge on any atom is -0.300 e. The van der Waals surface area contributed by atoms with Gasteiger partial charge >= 0.3 is 0 Å². The average molecular weight is 211 g/mol. The van der Waals surface area contributed by atoms with E-state index in [1.807, 2.05) is 0 Å². The van der Waals surface area contributed by atoms with Crippen LogP contribution in [0.5, 0.6) is 0 Å². The zero-order chi connectivity index (χ0) is 11.6. The zero-order valence-corrected chi connectivity index (χ0v) is 10.8. The van der Waals surface area contributed by atoms with Crippen molar-refractivity contribution >= 4 is 5.78 Å². The van der Waals surface area contributed by atoms with Crippen molar-refractivity contribution in [1.82, 2.24) is 4.90 Å². The van der Waals surface area contributed by atoms with Crippen molar-refractivity contribution in [1.29, 1.82) is 0 Å². The monoisotopic (exact) mass is 211 g/mol. The molecule has 2 nitrogen and oxygen atoms in total. The van der Waals surface area contributed by atoms with Crippen LogP contribution >= 0.6 is 0 Å². The van der Waals surface area contributed by atoms with Gasteiger partial charge in [0.2, 0.25) is 0 Å². The highest BCUT2D eigenvalue weighted by atomic mass is 16.1. The molecule has 0 aromatic rings. The lowest BCUT2D eigenvalue weighted by Gasteiger charge is -2.41. The number of ketones is 1. The molecule has 0 saturated heterocycles. The molecule has 0 aromatic carbocycles. The van der Waals surface area contributed by atoms with Crippen LogP contribution < -0.4 is 0 Å². The number of Topliss-reactive ketones (excluding diaryl/α,β-unsaturated/α-hetero) is 1. The Balaban J connectivity index is 2.59. The molecule has 2 heteroatoms. The number of nitrogens with zero attached hydrogens (tertiary/aromatic N) is 1. The maximum Gasteiger partial charge on any atom is 0.134 e. The molecule has 1 fully saturated rings. The van der Waals surface area contributed by atoms with Gasteiger partial charge in [-0.15, -0.1) is 0 Å². The van der Waals surface area contributed by atoms with E-state index >= 15 is 0 Å². The largest absolute Gasteiger partial charge is 0.300 e. The number of hydrogen-bond donors (Lipinski definition) is 0. The highest BCUT2D eigenvalue weighted by Gasteiger charge is 2.30. The Morgan fingerprint density at radius 1 is 1.40 bits per heavy atom. The molecular formula is C13H25NO. The van der Waals surface area contributed by atoms with Crippen molar-refractivity contribution < 1.29 is 4.79 Å². The summed E-state index contributed by atoms with van der Waals surface area (Å²) in [6, 6.07) is 0.994. The molecule has 0 aliphatic heterocycles. The first-order valence-corrected chi connectivity index (χ1v) is 6.06. The zero-order valence-electron chi connectivity index (χ0n) is 10.8. The fraction of sp³-hybridized carbons (Fsp3) is 0.923. The van der Waals surface area contributed by atoms with E-state index in [2.05, 4.69) is 39.6 Å². The van der Waals surface area contributed by atoms with Crippen LogP contribution in [0.2, 0.25) is 0 Å². The number of carbonyl (C=O) groups is 1. The summed E-state index contributed by atoms with van der Waals surface area (Å²) in [5.41, 5.74) is 0.287. The van der Waals surface area contributed by atoms with E-state index in [1.165, 1.54) is 6.42 Å². The summed E-state index contributed by atoms with van der Waals surface area (Å²) in [6.07, 6.45) is 3.82. The molecule has 0 heterocycles. The fourth-order valence-electron chi connectivity index (χ4n) is 2.28. The Labute approximate surface area is 94.0 Å². The minimum absolute atomic E-state index is 0.287. The lowest BCUT2D eigenvalue weighted by atomic mass is 9.84. The van der Waals surface area contributed by atoms with Crippen molar-refractivity contribution in [3.63, 3.8) is 0 Å². The Morgan fingerprint density at radius 2 is 2.00 bits per heavy atom. The standard InChI is InChI=1S/C13H25NO/c1-10(13(2,3)4)14(5)11-7-6-8-12(15)9-11/h10-11H,6-9H2,1-5H3. The first-order valence-electron chi connectivity index (χ1n) is 6.06. The summed E-state index contributed by atoms with van der Waals surface area (Å²) in [6.45, 7) is 9.05. The van der Waals surface area contributed by atoms with E-state index in [4.69, 9.17) is 0 Å². The van der Waals surface area contributed by atoms with Crippen LogP contribution in [0.4, 0.5) is 0 Å². The van der Waals surface area contributed by atoms with E-state index in [9.17, 15) is 4.79 Å². The molecule has 2 atom stereocenters. The van der Waals surface area contributed by atoms with Gasteiger partial charge in [-0.05, 0) is 32.2 Å². The van der Waals surface area contributed by atoms with Crippen molar-refractivity contribution in [2.45, 2.75) is 65.5 Å². The predicted octanol–water partition coefficient (Wildman–Crippen LogP) is 2.86. The van der Waals surface area contributed by atoms with E-state index in [1.54, 1.807) is 0 Å². The van der Waals surface area contributed by atoms with Crippen molar-refractivity contribution in [2.24, 2.45) is 5.41 Å². The number of rotatable bonds is 2. The van der Waals surface area contributed by atoms with E-state index in [-0.39, 0.29) is 5.41 Å². The SMILES string of the molecule is CC(N(C)C1CCCC(=O)C1)C(C)(C)C. The van der Waals surface area contributed by atoms with Crippen LogP contribution in [-0.2, 0) is 4.79 Å². The molecule has 1 saturated carbocycles. The van der Waals surface area contributed by atoms with Gasteiger partial charge in [0.25, 0.3) is 0 Å². The normalized spacial score (nSPS) is 25.7. The van der Waals surface area contributed by atoms with Gasteiger partial charge in [-0.3, -0.25) is 9.69 Å². The third-order valence-corrected chi connectivity index (χ3v) is 3.90. The van der Waals surface area contributed by atoms with Gasteiger partial charge in [0.15, 0.2) is 0 Å². The maximum absolute atomic E-state index is 11.4. The highest BCUT2D eigenvalue weighted by Crippen LogP contribution is 2.28. The molecule has 2 unspecified atom stereocenters. The smallest absolute Gasteiger partial charge is 0.134 e. The lowest BCUT2D eigenvalue weighted by molar-refractivity contribution is -0.122. The van der Waals surface area contributed by atoms with Gasteiger partial charge in [-0.2, -0.15) is 0 Å². The second kappa shape index (κ2) is 4.65. The van der Waals surface area contributed by atoms with Crippen LogP contribution in [0.1, 0.15) is 53.4 Å². The highest BCUT2D eigenvalue weighted by molar-refractivity contribution is 5.79. The Hall–Kier alpha value is -0.370. The molecular weight excluding hydrogens is 186 g/mol. The van der Waals surface area contributed by atoms with E-state index in [0.29, 0.717) is 17.9 Å².